The van der Waals surface area contributed by atoms with Gasteiger partial charge >= 0.3 is 0 Å². The van der Waals surface area contributed by atoms with Crippen molar-refractivity contribution in [1.29, 1.82) is 0 Å². The fraction of sp³-hybridized carbons (Fsp3) is 0.273. The van der Waals surface area contributed by atoms with Crippen LogP contribution in [0.3, 0.4) is 0 Å². The summed E-state index contributed by atoms with van der Waals surface area (Å²) in [5, 5.41) is 3.67. The maximum atomic E-state index is 12.8. The van der Waals surface area contributed by atoms with Crippen molar-refractivity contribution < 1.29 is 18.7 Å². The van der Waals surface area contributed by atoms with Gasteiger partial charge in [0, 0.05) is 29.4 Å². The molecule has 0 spiro atoms. The van der Waals surface area contributed by atoms with Crippen molar-refractivity contribution in [2.75, 3.05) is 20.3 Å². The molecule has 0 aliphatic rings. The van der Waals surface area contributed by atoms with Gasteiger partial charge in [0.05, 0.1) is 13.7 Å². The number of aromatic amines is 1. The van der Waals surface area contributed by atoms with Crippen LogP contribution in [-0.2, 0) is 11.2 Å². The Morgan fingerprint density at radius 3 is 2.62 bits per heavy atom. The number of nitrogens with one attached hydrogen (secondary N) is 2. The van der Waals surface area contributed by atoms with Crippen LogP contribution in [0.15, 0.2) is 53.3 Å². The van der Waals surface area contributed by atoms with Crippen LogP contribution in [0.5, 0.6) is 11.5 Å². The number of carbonyl (C=O) groups is 1. The number of ether oxygens (including phenoxy) is 2. The van der Waals surface area contributed by atoms with E-state index in [1.165, 1.54) is 12.1 Å². The Morgan fingerprint density at radius 2 is 1.86 bits per heavy atom. The highest BCUT2D eigenvalue weighted by molar-refractivity contribution is 5.81. The zero-order valence-electron chi connectivity index (χ0n) is 16.2. The van der Waals surface area contributed by atoms with E-state index in [9.17, 15) is 14.0 Å². The topological polar surface area (TPSA) is 80.4 Å². The molecule has 0 unspecified atom stereocenters. The Balaban J connectivity index is 1.43. The molecule has 2 aromatic carbocycles. The molecule has 0 atom stereocenters. The van der Waals surface area contributed by atoms with Crippen LogP contribution in [0.1, 0.15) is 18.4 Å². The Kier molecular flexibility index (Phi) is 6.84. The summed E-state index contributed by atoms with van der Waals surface area (Å²) in [5.74, 6) is 0.854. The minimum atomic E-state index is -0.311. The van der Waals surface area contributed by atoms with Crippen LogP contribution in [0.25, 0.3) is 10.9 Å². The summed E-state index contributed by atoms with van der Waals surface area (Å²) >= 11 is 0. The summed E-state index contributed by atoms with van der Waals surface area (Å²) in [5.41, 5.74) is 1.09. The summed E-state index contributed by atoms with van der Waals surface area (Å²) in [6.07, 6.45) is 1.19. The molecule has 7 heteroatoms. The lowest BCUT2D eigenvalue weighted by atomic mass is 10.1. The number of benzene rings is 2. The number of rotatable bonds is 9. The Labute approximate surface area is 167 Å². The van der Waals surface area contributed by atoms with Gasteiger partial charge in [-0.25, -0.2) is 4.39 Å². The van der Waals surface area contributed by atoms with Crippen LogP contribution in [0.2, 0.25) is 0 Å². The third-order valence-electron chi connectivity index (χ3n) is 4.48. The third-order valence-corrected chi connectivity index (χ3v) is 4.48. The highest BCUT2D eigenvalue weighted by atomic mass is 19.1. The average molecular weight is 398 g/mol. The van der Waals surface area contributed by atoms with Crippen molar-refractivity contribution in [3.05, 3.63) is 70.3 Å². The smallest absolute Gasteiger partial charge is 0.251 e. The van der Waals surface area contributed by atoms with Gasteiger partial charge in [-0.15, -0.1) is 0 Å². The molecule has 0 radical (unpaired) electrons. The van der Waals surface area contributed by atoms with Crippen LogP contribution in [0.4, 0.5) is 4.39 Å². The summed E-state index contributed by atoms with van der Waals surface area (Å²) in [6, 6.07) is 13.0. The first kappa shape index (κ1) is 20.4. The van der Waals surface area contributed by atoms with Gasteiger partial charge < -0.3 is 19.8 Å². The van der Waals surface area contributed by atoms with Crippen LogP contribution in [-0.4, -0.2) is 31.2 Å². The minimum absolute atomic E-state index is 0.128. The summed E-state index contributed by atoms with van der Waals surface area (Å²) in [4.78, 5) is 27.1. The molecule has 0 saturated heterocycles. The predicted molar refractivity (Wildman–Crippen MR) is 109 cm³/mol. The second-order valence-electron chi connectivity index (χ2n) is 6.58. The second kappa shape index (κ2) is 9.73. The first-order valence-corrected chi connectivity index (χ1v) is 9.40. The molecule has 1 aromatic heterocycles. The Morgan fingerprint density at radius 1 is 1.10 bits per heavy atom. The number of H-pyrrole nitrogens is 1. The fourth-order valence-electron chi connectivity index (χ4n) is 2.90. The normalized spacial score (nSPS) is 10.7. The Hall–Kier alpha value is -3.35. The lowest BCUT2D eigenvalue weighted by Gasteiger charge is -2.08. The molecular weight excluding hydrogens is 375 g/mol. The number of methoxy groups -OCH3 is 1. The van der Waals surface area contributed by atoms with Gasteiger partial charge in [-0.2, -0.15) is 0 Å². The standard InChI is InChI=1S/C22H23FN2O4/c1-28-19-8-9-20-16(14-19)13-15(22(27)25-20)3-10-21(26)24-11-2-12-29-18-6-4-17(23)5-7-18/h4-9,13-14H,2-3,10-12H2,1H3,(H,24,26)(H,25,27). The van der Waals surface area contributed by atoms with Gasteiger partial charge in [-0.3, -0.25) is 9.59 Å². The zero-order chi connectivity index (χ0) is 20.6. The van der Waals surface area contributed by atoms with E-state index in [2.05, 4.69) is 10.3 Å². The Bertz CT molecular complexity index is 1030. The molecule has 3 rings (SSSR count). The van der Waals surface area contributed by atoms with Crippen molar-refractivity contribution in [2.24, 2.45) is 0 Å². The maximum Gasteiger partial charge on any atom is 0.251 e. The minimum Gasteiger partial charge on any atom is -0.497 e. The van der Waals surface area contributed by atoms with Crippen molar-refractivity contribution >= 4 is 16.8 Å². The van der Waals surface area contributed by atoms with Gasteiger partial charge in [0.2, 0.25) is 5.91 Å². The summed E-state index contributed by atoms with van der Waals surface area (Å²) in [6.45, 7) is 0.878. The first-order valence-electron chi connectivity index (χ1n) is 9.40. The van der Waals surface area contributed by atoms with Gasteiger partial charge in [0.1, 0.15) is 17.3 Å². The van der Waals surface area contributed by atoms with Crippen LogP contribution < -0.4 is 20.3 Å². The predicted octanol–water partition coefficient (Wildman–Crippen LogP) is 3.19. The van der Waals surface area contributed by atoms with Gasteiger partial charge in [0.25, 0.3) is 5.56 Å². The van der Waals surface area contributed by atoms with Gasteiger partial charge in [-0.05, 0) is 61.4 Å². The molecule has 0 bridgehead atoms. The molecule has 29 heavy (non-hydrogen) atoms. The highest BCUT2D eigenvalue weighted by Gasteiger charge is 2.07. The molecule has 3 aromatic rings. The largest absolute Gasteiger partial charge is 0.497 e. The van der Waals surface area contributed by atoms with E-state index in [1.54, 1.807) is 37.4 Å². The molecule has 152 valence electrons. The van der Waals surface area contributed by atoms with E-state index in [1.807, 2.05) is 6.07 Å². The van der Waals surface area contributed by atoms with E-state index in [0.717, 1.165) is 10.9 Å². The second-order valence-corrected chi connectivity index (χ2v) is 6.58. The molecule has 2 N–H and O–H groups in total. The molecule has 6 nitrogen and oxygen atoms in total. The van der Waals surface area contributed by atoms with E-state index < -0.39 is 0 Å². The number of aromatic nitrogens is 1. The third kappa shape index (κ3) is 5.81. The number of carbonyl (C=O) groups excluding carboxylic acids is 1. The molecule has 1 amide bonds. The SMILES string of the molecule is COc1ccc2[nH]c(=O)c(CCC(=O)NCCCOc3ccc(F)cc3)cc2c1. The zero-order valence-corrected chi connectivity index (χ0v) is 16.2. The average Bonchev–Trinajstić information content (AvgIpc) is 2.73. The van der Waals surface area contributed by atoms with Crippen LogP contribution in [0, 0.1) is 5.82 Å². The lowest BCUT2D eigenvalue weighted by Crippen LogP contribution is -2.26. The number of halogens is 1. The fourth-order valence-corrected chi connectivity index (χ4v) is 2.90. The summed E-state index contributed by atoms with van der Waals surface area (Å²) < 4.78 is 23.5. The van der Waals surface area contributed by atoms with Gasteiger partial charge in [-0.1, -0.05) is 0 Å². The molecule has 0 aliphatic carbocycles. The number of fused-ring (bicyclic) bond motifs is 1. The van der Waals surface area contributed by atoms with Crippen LogP contribution >= 0.6 is 0 Å². The van der Waals surface area contributed by atoms with E-state index >= 15 is 0 Å². The summed E-state index contributed by atoms with van der Waals surface area (Å²) in [7, 11) is 1.59. The number of amides is 1. The molecule has 0 saturated carbocycles. The highest BCUT2D eigenvalue weighted by Crippen LogP contribution is 2.19. The quantitative estimate of drug-likeness (QED) is 0.543. The molecule has 1 heterocycles. The van der Waals surface area contributed by atoms with E-state index in [0.29, 0.717) is 43.1 Å². The van der Waals surface area contributed by atoms with Crippen molar-refractivity contribution in [3.63, 3.8) is 0 Å². The van der Waals surface area contributed by atoms with Crippen molar-refractivity contribution in [1.82, 2.24) is 10.3 Å². The number of hydrogen-bond acceptors (Lipinski definition) is 4. The lowest BCUT2D eigenvalue weighted by molar-refractivity contribution is -0.121. The van der Waals surface area contributed by atoms with E-state index in [4.69, 9.17) is 9.47 Å². The number of pyridine rings is 1. The number of aryl methyl sites for hydroxylation is 1. The monoisotopic (exact) mass is 398 g/mol. The molecular formula is C22H23FN2O4. The van der Waals surface area contributed by atoms with Crippen molar-refractivity contribution in [2.45, 2.75) is 19.3 Å². The maximum absolute atomic E-state index is 12.8. The first-order chi connectivity index (χ1) is 14.0. The van der Waals surface area contributed by atoms with Crippen molar-refractivity contribution in [3.8, 4) is 11.5 Å². The van der Waals surface area contributed by atoms with Gasteiger partial charge in [0.15, 0.2) is 0 Å². The van der Waals surface area contributed by atoms with E-state index in [-0.39, 0.29) is 23.7 Å². The molecule has 0 fully saturated rings. The molecule has 0 aliphatic heterocycles. The number of hydrogen-bond donors (Lipinski definition) is 2.